The molecule has 0 aliphatic heterocycles. The summed E-state index contributed by atoms with van der Waals surface area (Å²) in [5, 5.41) is 3.40. The molecule has 0 bridgehead atoms. The standard InChI is InChI=1S/C15H29N3O/c1-11(2)9-18(13-5-3-4-6-13)10-14(15(16)19)17-12-7-8-12/h11-14,17H,3-10H2,1-2H3,(H2,16,19). The van der Waals surface area contributed by atoms with Gasteiger partial charge in [0, 0.05) is 25.2 Å². The minimum Gasteiger partial charge on any atom is -0.368 e. The number of rotatable bonds is 8. The predicted octanol–water partition coefficient (Wildman–Crippen LogP) is 1.49. The van der Waals surface area contributed by atoms with E-state index in [0.717, 1.165) is 13.1 Å². The van der Waals surface area contributed by atoms with Gasteiger partial charge in [0.25, 0.3) is 0 Å². The zero-order chi connectivity index (χ0) is 13.8. The Labute approximate surface area is 117 Å². The second-order valence-corrected chi connectivity index (χ2v) is 6.68. The third-order valence-electron chi connectivity index (χ3n) is 4.22. The van der Waals surface area contributed by atoms with Crippen LogP contribution in [0.5, 0.6) is 0 Å². The van der Waals surface area contributed by atoms with Crippen molar-refractivity contribution < 1.29 is 4.79 Å². The number of amides is 1. The number of carbonyl (C=O) groups excluding carboxylic acids is 1. The van der Waals surface area contributed by atoms with Gasteiger partial charge in [-0.1, -0.05) is 26.7 Å². The topological polar surface area (TPSA) is 58.4 Å². The van der Waals surface area contributed by atoms with Crippen LogP contribution in [0.25, 0.3) is 0 Å². The molecular formula is C15H29N3O. The molecular weight excluding hydrogens is 238 g/mol. The third-order valence-corrected chi connectivity index (χ3v) is 4.22. The van der Waals surface area contributed by atoms with Crippen molar-refractivity contribution in [3.05, 3.63) is 0 Å². The molecule has 0 aromatic carbocycles. The van der Waals surface area contributed by atoms with Crippen molar-refractivity contribution in [1.29, 1.82) is 0 Å². The van der Waals surface area contributed by atoms with Crippen LogP contribution in [0, 0.1) is 5.92 Å². The molecule has 2 aliphatic carbocycles. The summed E-state index contributed by atoms with van der Waals surface area (Å²) in [5.74, 6) is 0.439. The molecule has 2 fully saturated rings. The van der Waals surface area contributed by atoms with Crippen LogP contribution in [-0.2, 0) is 4.79 Å². The molecule has 3 N–H and O–H groups in total. The van der Waals surface area contributed by atoms with Gasteiger partial charge in [0.05, 0.1) is 6.04 Å². The maximum absolute atomic E-state index is 11.6. The average Bonchev–Trinajstić information content (AvgIpc) is 2.98. The van der Waals surface area contributed by atoms with Crippen molar-refractivity contribution in [2.24, 2.45) is 11.7 Å². The highest BCUT2D eigenvalue weighted by Crippen LogP contribution is 2.25. The van der Waals surface area contributed by atoms with Gasteiger partial charge in [-0.3, -0.25) is 9.69 Å². The summed E-state index contributed by atoms with van der Waals surface area (Å²) >= 11 is 0. The molecule has 0 aromatic rings. The molecule has 0 heterocycles. The van der Waals surface area contributed by atoms with Crippen LogP contribution in [0.15, 0.2) is 0 Å². The van der Waals surface area contributed by atoms with E-state index in [0.29, 0.717) is 18.0 Å². The zero-order valence-electron chi connectivity index (χ0n) is 12.4. The Balaban J connectivity index is 1.92. The van der Waals surface area contributed by atoms with E-state index in [-0.39, 0.29) is 11.9 Å². The molecule has 2 rings (SSSR count). The van der Waals surface area contributed by atoms with Crippen LogP contribution in [-0.4, -0.2) is 42.0 Å². The van der Waals surface area contributed by atoms with Crippen molar-refractivity contribution in [2.45, 2.75) is 70.5 Å². The van der Waals surface area contributed by atoms with E-state index in [1.54, 1.807) is 0 Å². The molecule has 4 heteroatoms. The van der Waals surface area contributed by atoms with Crippen molar-refractivity contribution >= 4 is 5.91 Å². The highest BCUT2D eigenvalue weighted by molar-refractivity contribution is 5.80. The smallest absolute Gasteiger partial charge is 0.235 e. The molecule has 0 saturated heterocycles. The lowest BCUT2D eigenvalue weighted by molar-refractivity contribution is -0.120. The van der Waals surface area contributed by atoms with Gasteiger partial charge in [-0.25, -0.2) is 0 Å². The lowest BCUT2D eigenvalue weighted by Gasteiger charge is -2.33. The second kappa shape index (κ2) is 6.71. The summed E-state index contributed by atoms with van der Waals surface area (Å²) in [7, 11) is 0. The SMILES string of the molecule is CC(C)CN(CC(NC1CC1)C(N)=O)C1CCCC1. The third kappa shape index (κ3) is 4.77. The monoisotopic (exact) mass is 267 g/mol. The number of hydrogen-bond donors (Lipinski definition) is 2. The van der Waals surface area contributed by atoms with Gasteiger partial charge < -0.3 is 11.1 Å². The van der Waals surface area contributed by atoms with Crippen LogP contribution < -0.4 is 11.1 Å². The fourth-order valence-electron chi connectivity index (χ4n) is 3.10. The summed E-state index contributed by atoms with van der Waals surface area (Å²) in [6, 6.07) is 1.01. The molecule has 1 amide bonds. The van der Waals surface area contributed by atoms with Crippen LogP contribution in [0.4, 0.5) is 0 Å². The molecule has 110 valence electrons. The van der Waals surface area contributed by atoms with Crippen molar-refractivity contribution in [1.82, 2.24) is 10.2 Å². The van der Waals surface area contributed by atoms with E-state index in [9.17, 15) is 4.79 Å². The molecule has 0 aromatic heterocycles. The van der Waals surface area contributed by atoms with Gasteiger partial charge in [-0.15, -0.1) is 0 Å². The fraction of sp³-hybridized carbons (Fsp3) is 0.933. The Morgan fingerprint density at radius 1 is 1.21 bits per heavy atom. The summed E-state index contributed by atoms with van der Waals surface area (Å²) < 4.78 is 0. The first-order valence-corrected chi connectivity index (χ1v) is 7.85. The first-order valence-electron chi connectivity index (χ1n) is 7.85. The summed E-state index contributed by atoms with van der Waals surface area (Å²) in [6.07, 6.45) is 7.60. The van der Waals surface area contributed by atoms with Crippen LogP contribution in [0.2, 0.25) is 0 Å². The normalized spacial score (nSPS) is 22.3. The number of nitrogens with two attached hydrogens (primary N) is 1. The molecule has 19 heavy (non-hydrogen) atoms. The number of carbonyl (C=O) groups is 1. The van der Waals surface area contributed by atoms with E-state index >= 15 is 0 Å². The maximum Gasteiger partial charge on any atom is 0.235 e. The highest BCUT2D eigenvalue weighted by Gasteiger charge is 2.31. The van der Waals surface area contributed by atoms with E-state index in [4.69, 9.17) is 5.73 Å². The Hall–Kier alpha value is -0.610. The Morgan fingerprint density at radius 3 is 2.32 bits per heavy atom. The van der Waals surface area contributed by atoms with Crippen LogP contribution in [0.1, 0.15) is 52.4 Å². The van der Waals surface area contributed by atoms with Gasteiger partial charge in [0.15, 0.2) is 0 Å². The first-order chi connectivity index (χ1) is 9.06. The number of nitrogens with one attached hydrogen (secondary N) is 1. The molecule has 0 radical (unpaired) electrons. The molecule has 2 saturated carbocycles. The van der Waals surface area contributed by atoms with Crippen molar-refractivity contribution in [2.75, 3.05) is 13.1 Å². The van der Waals surface area contributed by atoms with Gasteiger partial charge in [0.2, 0.25) is 5.91 Å². The molecule has 4 nitrogen and oxygen atoms in total. The predicted molar refractivity (Wildman–Crippen MR) is 77.8 cm³/mol. The maximum atomic E-state index is 11.6. The van der Waals surface area contributed by atoms with E-state index < -0.39 is 0 Å². The van der Waals surface area contributed by atoms with Gasteiger partial charge in [-0.2, -0.15) is 0 Å². The molecule has 0 spiro atoms. The average molecular weight is 267 g/mol. The Bertz CT molecular complexity index is 296. The Morgan fingerprint density at radius 2 is 1.84 bits per heavy atom. The van der Waals surface area contributed by atoms with E-state index in [2.05, 4.69) is 24.1 Å². The molecule has 1 unspecified atom stereocenters. The minimum absolute atomic E-state index is 0.174. The fourth-order valence-corrected chi connectivity index (χ4v) is 3.10. The summed E-state index contributed by atoms with van der Waals surface area (Å²) in [4.78, 5) is 14.1. The number of hydrogen-bond acceptors (Lipinski definition) is 3. The lowest BCUT2D eigenvalue weighted by atomic mass is 10.1. The summed E-state index contributed by atoms with van der Waals surface area (Å²) in [5.41, 5.74) is 5.56. The second-order valence-electron chi connectivity index (χ2n) is 6.68. The lowest BCUT2D eigenvalue weighted by Crippen LogP contribution is -2.52. The van der Waals surface area contributed by atoms with E-state index in [1.807, 2.05) is 0 Å². The van der Waals surface area contributed by atoms with Gasteiger partial charge >= 0.3 is 0 Å². The van der Waals surface area contributed by atoms with Crippen molar-refractivity contribution in [3.63, 3.8) is 0 Å². The highest BCUT2D eigenvalue weighted by atomic mass is 16.1. The van der Waals surface area contributed by atoms with Gasteiger partial charge in [-0.05, 0) is 31.6 Å². The minimum atomic E-state index is -0.196. The zero-order valence-corrected chi connectivity index (χ0v) is 12.4. The first kappa shape index (κ1) is 14.8. The van der Waals surface area contributed by atoms with E-state index in [1.165, 1.54) is 38.5 Å². The molecule has 1 atom stereocenters. The van der Waals surface area contributed by atoms with Crippen LogP contribution in [0.3, 0.4) is 0 Å². The number of primary amides is 1. The van der Waals surface area contributed by atoms with Crippen molar-refractivity contribution in [3.8, 4) is 0 Å². The quantitative estimate of drug-likeness (QED) is 0.700. The molecule has 2 aliphatic rings. The Kier molecular flexibility index (Phi) is 5.22. The number of nitrogens with zero attached hydrogens (tertiary/aromatic N) is 1. The largest absolute Gasteiger partial charge is 0.368 e. The van der Waals surface area contributed by atoms with Gasteiger partial charge in [0.1, 0.15) is 0 Å². The summed E-state index contributed by atoms with van der Waals surface area (Å²) in [6.45, 7) is 6.35. The van der Waals surface area contributed by atoms with Crippen LogP contribution >= 0.6 is 0 Å².